The summed E-state index contributed by atoms with van der Waals surface area (Å²) in [5, 5.41) is 2.89. The first-order valence-electron chi connectivity index (χ1n) is 11.5. The SMILES string of the molecule is COc1cc(CNC(=O)CCc2c(C)nc(-c3ccncc3)[nH]c2=O)ccc1OCc1ccncc1. The van der Waals surface area contributed by atoms with Gasteiger partial charge in [0.15, 0.2) is 11.5 Å². The number of carbonyl (C=O) groups excluding carboxylic acids is 1. The van der Waals surface area contributed by atoms with E-state index in [-0.39, 0.29) is 17.9 Å². The summed E-state index contributed by atoms with van der Waals surface area (Å²) in [4.78, 5) is 40.3. The van der Waals surface area contributed by atoms with Gasteiger partial charge in [-0.2, -0.15) is 0 Å². The summed E-state index contributed by atoms with van der Waals surface area (Å²) in [6, 6.07) is 12.9. The Balaban J connectivity index is 1.31. The number of methoxy groups -OCH3 is 1. The molecule has 36 heavy (non-hydrogen) atoms. The van der Waals surface area contributed by atoms with E-state index in [1.54, 1.807) is 51.0 Å². The number of ether oxygens (including phenoxy) is 2. The van der Waals surface area contributed by atoms with E-state index in [9.17, 15) is 9.59 Å². The van der Waals surface area contributed by atoms with Crippen molar-refractivity contribution >= 4 is 5.91 Å². The van der Waals surface area contributed by atoms with Crippen LogP contribution in [-0.2, 0) is 24.4 Å². The predicted molar refractivity (Wildman–Crippen MR) is 135 cm³/mol. The summed E-state index contributed by atoms with van der Waals surface area (Å²) in [5.74, 6) is 1.51. The number of aromatic amines is 1. The van der Waals surface area contributed by atoms with Crippen LogP contribution >= 0.6 is 0 Å². The van der Waals surface area contributed by atoms with Crippen LogP contribution in [0, 0.1) is 6.92 Å². The largest absolute Gasteiger partial charge is 0.493 e. The fraction of sp³-hybridized carbons (Fsp3) is 0.222. The van der Waals surface area contributed by atoms with Gasteiger partial charge in [-0.05, 0) is 60.9 Å². The minimum atomic E-state index is -0.241. The van der Waals surface area contributed by atoms with Crippen molar-refractivity contribution in [3.8, 4) is 22.9 Å². The third-order valence-electron chi connectivity index (χ3n) is 5.64. The molecule has 0 aliphatic heterocycles. The molecule has 0 aliphatic rings. The Morgan fingerprint density at radius 1 is 0.972 bits per heavy atom. The van der Waals surface area contributed by atoms with Crippen LogP contribution in [0.1, 0.15) is 28.8 Å². The second kappa shape index (κ2) is 11.7. The highest BCUT2D eigenvalue weighted by atomic mass is 16.5. The Kier molecular flexibility index (Phi) is 8.02. The molecule has 1 amide bonds. The molecule has 9 nitrogen and oxygen atoms in total. The molecule has 184 valence electrons. The molecule has 1 aromatic carbocycles. The molecule has 0 fully saturated rings. The number of H-pyrrole nitrogens is 1. The van der Waals surface area contributed by atoms with E-state index in [0.717, 1.165) is 16.7 Å². The van der Waals surface area contributed by atoms with Crippen LogP contribution in [0.2, 0.25) is 0 Å². The van der Waals surface area contributed by atoms with Gasteiger partial charge in [0, 0.05) is 54.6 Å². The molecule has 9 heteroatoms. The van der Waals surface area contributed by atoms with E-state index < -0.39 is 0 Å². The maximum Gasteiger partial charge on any atom is 0.254 e. The molecule has 0 radical (unpaired) electrons. The number of hydrogen-bond donors (Lipinski definition) is 2. The normalized spacial score (nSPS) is 10.6. The first kappa shape index (κ1) is 24.6. The van der Waals surface area contributed by atoms with Crippen molar-refractivity contribution < 1.29 is 14.3 Å². The van der Waals surface area contributed by atoms with Crippen LogP contribution < -0.4 is 20.3 Å². The number of carbonyl (C=O) groups is 1. The number of amides is 1. The fourth-order valence-electron chi connectivity index (χ4n) is 3.66. The van der Waals surface area contributed by atoms with Crippen molar-refractivity contribution in [2.45, 2.75) is 32.9 Å². The molecule has 3 heterocycles. The van der Waals surface area contributed by atoms with Gasteiger partial charge in [-0.1, -0.05) is 6.07 Å². The first-order valence-corrected chi connectivity index (χ1v) is 11.5. The van der Waals surface area contributed by atoms with Gasteiger partial charge in [-0.25, -0.2) is 4.98 Å². The lowest BCUT2D eigenvalue weighted by atomic mass is 10.1. The summed E-state index contributed by atoms with van der Waals surface area (Å²) in [5.41, 5.74) is 3.51. The number of hydrogen-bond acceptors (Lipinski definition) is 7. The Morgan fingerprint density at radius 3 is 2.39 bits per heavy atom. The number of aryl methyl sites for hydroxylation is 1. The molecule has 3 aromatic heterocycles. The average Bonchev–Trinajstić information content (AvgIpc) is 2.91. The van der Waals surface area contributed by atoms with Crippen molar-refractivity contribution in [2.24, 2.45) is 0 Å². The molecule has 0 atom stereocenters. The number of nitrogens with zero attached hydrogens (tertiary/aromatic N) is 3. The van der Waals surface area contributed by atoms with Crippen molar-refractivity contribution in [1.29, 1.82) is 0 Å². The fourth-order valence-corrected chi connectivity index (χ4v) is 3.66. The molecule has 0 saturated carbocycles. The van der Waals surface area contributed by atoms with Crippen LogP contribution in [0.15, 0.2) is 72.0 Å². The molecular weight excluding hydrogens is 458 g/mol. The van der Waals surface area contributed by atoms with Gasteiger partial charge in [0.25, 0.3) is 5.56 Å². The van der Waals surface area contributed by atoms with Gasteiger partial charge in [-0.15, -0.1) is 0 Å². The minimum absolute atomic E-state index is 0.163. The molecular formula is C27H27N5O4. The van der Waals surface area contributed by atoms with E-state index >= 15 is 0 Å². The van der Waals surface area contributed by atoms with Gasteiger partial charge in [0.1, 0.15) is 12.4 Å². The Hall–Kier alpha value is -4.53. The van der Waals surface area contributed by atoms with Crippen molar-refractivity contribution in [3.05, 3.63) is 100.0 Å². The van der Waals surface area contributed by atoms with Gasteiger partial charge >= 0.3 is 0 Å². The number of pyridine rings is 2. The molecule has 0 aliphatic carbocycles. The Labute approximate surface area is 208 Å². The zero-order valence-electron chi connectivity index (χ0n) is 20.2. The lowest BCUT2D eigenvalue weighted by Gasteiger charge is -2.13. The van der Waals surface area contributed by atoms with Crippen molar-refractivity contribution in [3.63, 3.8) is 0 Å². The molecule has 4 aromatic rings. The molecule has 0 saturated heterocycles. The summed E-state index contributed by atoms with van der Waals surface area (Å²) >= 11 is 0. The van der Waals surface area contributed by atoms with Gasteiger partial charge < -0.3 is 19.8 Å². The number of benzene rings is 1. The number of nitrogens with one attached hydrogen (secondary N) is 2. The summed E-state index contributed by atoms with van der Waals surface area (Å²) < 4.78 is 11.3. The van der Waals surface area contributed by atoms with E-state index in [2.05, 4.69) is 25.3 Å². The monoisotopic (exact) mass is 485 g/mol. The molecule has 0 bridgehead atoms. The average molecular weight is 486 g/mol. The maximum atomic E-state index is 12.6. The highest BCUT2D eigenvalue weighted by molar-refractivity contribution is 5.76. The van der Waals surface area contributed by atoms with E-state index in [0.29, 0.717) is 48.2 Å². The molecule has 2 N–H and O–H groups in total. The zero-order chi connectivity index (χ0) is 25.3. The molecule has 4 rings (SSSR count). The number of aromatic nitrogens is 4. The predicted octanol–water partition coefficient (Wildman–Crippen LogP) is 3.37. The van der Waals surface area contributed by atoms with Gasteiger partial charge in [0.2, 0.25) is 5.91 Å². The van der Waals surface area contributed by atoms with Crippen LogP contribution in [-0.4, -0.2) is 33.0 Å². The summed E-state index contributed by atoms with van der Waals surface area (Å²) in [6.07, 6.45) is 7.18. The Morgan fingerprint density at radius 2 is 1.69 bits per heavy atom. The van der Waals surface area contributed by atoms with Crippen LogP contribution in [0.3, 0.4) is 0 Å². The zero-order valence-corrected chi connectivity index (χ0v) is 20.2. The maximum absolute atomic E-state index is 12.6. The van der Waals surface area contributed by atoms with Crippen molar-refractivity contribution in [2.75, 3.05) is 7.11 Å². The Bertz CT molecular complexity index is 1370. The van der Waals surface area contributed by atoms with E-state index in [1.807, 2.05) is 30.3 Å². The second-order valence-corrected chi connectivity index (χ2v) is 8.12. The summed E-state index contributed by atoms with van der Waals surface area (Å²) in [7, 11) is 1.57. The third-order valence-corrected chi connectivity index (χ3v) is 5.64. The van der Waals surface area contributed by atoms with Crippen LogP contribution in [0.25, 0.3) is 11.4 Å². The minimum Gasteiger partial charge on any atom is -0.493 e. The highest BCUT2D eigenvalue weighted by Crippen LogP contribution is 2.28. The van der Waals surface area contributed by atoms with Crippen LogP contribution in [0.5, 0.6) is 11.5 Å². The standard InChI is InChI=1S/C27H27N5O4/c1-18-22(27(34)32-26(31-18)21-9-13-29-14-10-21)4-6-25(33)30-16-20-3-5-23(24(15-20)35-2)36-17-19-7-11-28-12-8-19/h3,5,7-15H,4,6,16-17H2,1-2H3,(H,30,33)(H,31,32,34). The molecule has 0 spiro atoms. The number of rotatable bonds is 10. The second-order valence-electron chi connectivity index (χ2n) is 8.12. The third kappa shape index (κ3) is 6.32. The van der Waals surface area contributed by atoms with E-state index in [1.165, 1.54) is 0 Å². The van der Waals surface area contributed by atoms with Gasteiger partial charge in [-0.3, -0.25) is 19.6 Å². The highest BCUT2D eigenvalue weighted by Gasteiger charge is 2.12. The van der Waals surface area contributed by atoms with Crippen molar-refractivity contribution in [1.82, 2.24) is 25.3 Å². The first-order chi connectivity index (χ1) is 17.5. The lowest BCUT2D eigenvalue weighted by molar-refractivity contribution is -0.121. The van der Waals surface area contributed by atoms with Crippen LogP contribution in [0.4, 0.5) is 0 Å². The van der Waals surface area contributed by atoms with Gasteiger partial charge in [0.05, 0.1) is 7.11 Å². The smallest absolute Gasteiger partial charge is 0.254 e. The van der Waals surface area contributed by atoms with E-state index in [4.69, 9.17) is 9.47 Å². The topological polar surface area (TPSA) is 119 Å². The quantitative estimate of drug-likeness (QED) is 0.353. The summed E-state index contributed by atoms with van der Waals surface area (Å²) in [6.45, 7) is 2.50. The lowest BCUT2D eigenvalue weighted by Crippen LogP contribution is -2.25. The molecule has 0 unspecified atom stereocenters.